The summed E-state index contributed by atoms with van der Waals surface area (Å²) in [5, 5.41) is 0. The molecule has 0 fully saturated rings. The molecule has 0 saturated heterocycles. The van der Waals surface area contributed by atoms with E-state index in [4.69, 9.17) is 0 Å². The molecule has 0 rings (SSSR count). The topological polar surface area (TPSA) is 3.24 Å². The fourth-order valence-corrected chi connectivity index (χ4v) is 2.17. The summed E-state index contributed by atoms with van der Waals surface area (Å²) in [6.45, 7) is 13.4. The van der Waals surface area contributed by atoms with Crippen LogP contribution in [-0.2, 0) is 0 Å². The molecule has 21 heavy (non-hydrogen) atoms. The molecule has 0 heterocycles. The Labute approximate surface area is 133 Å². The molecule has 0 bridgehead atoms. The highest BCUT2D eigenvalue weighted by molar-refractivity contribution is 5.05. The molecule has 0 amide bonds. The van der Waals surface area contributed by atoms with E-state index in [1.54, 1.807) is 0 Å². The normalized spacial score (nSPS) is 12.9. The van der Waals surface area contributed by atoms with Gasteiger partial charge in [-0.05, 0) is 73.4 Å². The van der Waals surface area contributed by atoms with Gasteiger partial charge in [-0.2, -0.15) is 0 Å². The smallest absolute Gasteiger partial charge is 0.0162 e. The SMILES string of the molecule is CCCCN(C)CC=C(C)CCC=C(C)CCC=C(C)C. The molecule has 0 spiro atoms. The van der Waals surface area contributed by atoms with Crippen molar-refractivity contribution in [2.75, 3.05) is 20.1 Å². The molecule has 0 atom stereocenters. The average molecular weight is 292 g/mol. The molecule has 0 unspecified atom stereocenters. The molecular formula is C20H37N. The second-order valence-electron chi connectivity index (χ2n) is 6.58. The van der Waals surface area contributed by atoms with Crippen LogP contribution < -0.4 is 0 Å². The Bertz CT molecular complexity index is 343. The number of hydrogen-bond acceptors (Lipinski definition) is 1. The minimum absolute atomic E-state index is 1.09. The summed E-state index contributed by atoms with van der Waals surface area (Å²) < 4.78 is 0. The molecule has 0 aromatic heterocycles. The second-order valence-corrected chi connectivity index (χ2v) is 6.58. The van der Waals surface area contributed by atoms with Crippen LogP contribution in [0.25, 0.3) is 0 Å². The molecule has 122 valence electrons. The molecule has 0 aliphatic heterocycles. The van der Waals surface area contributed by atoms with Crippen LogP contribution in [0.2, 0.25) is 0 Å². The molecular weight excluding hydrogens is 254 g/mol. The quantitative estimate of drug-likeness (QED) is 0.413. The summed E-state index contributed by atoms with van der Waals surface area (Å²) in [4.78, 5) is 2.41. The number of rotatable bonds is 11. The van der Waals surface area contributed by atoms with Crippen molar-refractivity contribution in [3.8, 4) is 0 Å². The lowest BCUT2D eigenvalue weighted by atomic mass is 10.1. The molecule has 0 aromatic carbocycles. The first-order valence-corrected chi connectivity index (χ1v) is 8.58. The van der Waals surface area contributed by atoms with Gasteiger partial charge in [-0.3, -0.25) is 0 Å². The van der Waals surface area contributed by atoms with Crippen molar-refractivity contribution < 1.29 is 0 Å². The highest BCUT2D eigenvalue weighted by atomic mass is 15.1. The van der Waals surface area contributed by atoms with E-state index in [1.165, 1.54) is 61.8 Å². The van der Waals surface area contributed by atoms with E-state index >= 15 is 0 Å². The highest BCUT2D eigenvalue weighted by Crippen LogP contribution is 2.11. The van der Waals surface area contributed by atoms with E-state index in [9.17, 15) is 0 Å². The third-order valence-electron chi connectivity index (χ3n) is 3.77. The summed E-state index contributed by atoms with van der Waals surface area (Å²) in [6, 6.07) is 0. The molecule has 0 saturated carbocycles. The van der Waals surface area contributed by atoms with Crippen LogP contribution >= 0.6 is 0 Å². The van der Waals surface area contributed by atoms with Crippen LogP contribution in [0.3, 0.4) is 0 Å². The summed E-state index contributed by atoms with van der Waals surface area (Å²) in [7, 11) is 2.22. The van der Waals surface area contributed by atoms with Crippen molar-refractivity contribution in [3.05, 3.63) is 34.9 Å². The van der Waals surface area contributed by atoms with Crippen molar-refractivity contribution in [2.24, 2.45) is 0 Å². The van der Waals surface area contributed by atoms with Crippen LogP contribution in [-0.4, -0.2) is 25.0 Å². The molecule has 0 aromatic rings. The first-order chi connectivity index (χ1) is 9.95. The van der Waals surface area contributed by atoms with Crippen molar-refractivity contribution >= 4 is 0 Å². The van der Waals surface area contributed by atoms with Crippen molar-refractivity contribution in [1.82, 2.24) is 4.90 Å². The largest absolute Gasteiger partial charge is 0.303 e. The van der Waals surface area contributed by atoms with Gasteiger partial charge >= 0.3 is 0 Å². The third-order valence-corrected chi connectivity index (χ3v) is 3.77. The van der Waals surface area contributed by atoms with Gasteiger partial charge in [0.25, 0.3) is 0 Å². The maximum absolute atomic E-state index is 2.41. The Kier molecular flexibility index (Phi) is 12.4. The molecule has 0 aliphatic carbocycles. The Balaban J connectivity index is 3.90. The number of unbranched alkanes of at least 4 members (excludes halogenated alkanes) is 1. The standard InChI is InChI=1S/C20H37N/c1-7-8-16-21(6)17-15-20(5)14-10-13-19(4)12-9-11-18(2)3/h11,13,15H,7-10,12,14,16-17H2,1-6H3. The van der Waals surface area contributed by atoms with Gasteiger partial charge < -0.3 is 4.90 Å². The minimum Gasteiger partial charge on any atom is -0.303 e. The Morgan fingerprint density at radius 2 is 1.43 bits per heavy atom. The van der Waals surface area contributed by atoms with Gasteiger partial charge in [0.05, 0.1) is 0 Å². The van der Waals surface area contributed by atoms with E-state index in [1.807, 2.05) is 0 Å². The lowest BCUT2D eigenvalue weighted by Crippen LogP contribution is -2.19. The number of nitrogens with zero attached hydrogens (tertiary/aromatic N) is 1. The number of likely N-dealkylation sites (N-methyl/N-ethyl adjacent to an activating group) is 1. The van der Waals surface area contributed by atoms with Crippen LogP contribution in [0.15, 0.2) is 34.9 Å². The zero-order valence-corrected chi connectivity index (χ0v) is 15.3. The summed E-state index contributed by atoms with van der Waals surface area (Å²) in [6.07, 6.45) is 14.5. The van der Waals surface area contributed by atoms with Crippen molar-refractivity contribution in [1.29, 1.82) is 0 Å². The monoisotopic (exact) mass is 291 g/mol. The van der Waals surface area contributed by atoms with Crippen molar-refractivity contribution in [2.45, 2.75) is 73.1 Å². The van der Waals surface area contributed by atoms with E-state index in [-0.39, 0.29) is 0 Å². The third kappa shape index (κ3) is 13.9. The maximum Gasteiger partial charge on any atom is 0.0162 e. The van der Waals surface area contributed by atoms with Crippen molar-refractivity contribution in [3.63, 3.8) is 0 Å². The number of hydrogen-bond donors (Lipinski definition) is 0. The first kappa shape index (κ1) is 20.2. The molecule has 1 heteroatoms. The average Bonchev–Trinajstić information content (AvgIpc) is 2.42. The summed E-state index contributed by atoms with van der Waals surface area (Å²) in [5.41, 5.74) is 4.47. The Morgan fingerprint density at radius 3 is 2.00 bits per heavy atom. The molecule has 0 N–H and O–H groups in total. The fourth-order valence-electron chi connectivity index (χ4n) is 2.17. The lowest BCUT2D eigenvalue weighted by molar-refractivity contribution is 0.361. The molecule has 0 aliphatic rings. The van der Waals surface area contributed by atoms with E-state index in [0.717, 1.165) is 6.54 Å². The predicted molar refractivity (Wildman–Crippen MR) is 97.8 cm³/mol. The molecule has 0 radical (unpaired) electrons. The fraction of sp³-hybridized carbons (Fsp3) is 0.700. The van der Waals surface area contributed by atoms with Gasteiger partial charge in [-0.15, -0.1) is 0 Å². The zero-order valence-electron chi connectivity index (χ0n) is 15.3. The lowest BCUT2D eigenvalue weighted by Gasteiger charge is -2.14. The van der Waals surface area contributed by atoms with Crippen LogP contribution in [0, 0.1) is 0 Å². The summed E-state index contributed by atoms with van der Waals surface area (Å²) >= 11 is 0. The van der Waals surface area contributed by atoms with Gasteiger partial charge in [0.1, 0.15) is 0 Å². The van der Waals surface area contributed by atoms with Gasteiger partial charge in [0, 0.05) is 6.54 Å². The van der Waals surface area contributed by atoms with Gasteiger partial charge in [-0.1, -0.05) is 48.3 Å². The second kappa shape index (κ2) is 12.9. The highest BCUT2D eigenvalue weighted by Gasteiger charge is 1.96. The minimum atomic E-state index is 1.09. The van der Waals surface area contributed by atoms with Crippen LogP contribution in [0.4, 0.5) is 0 Å². The Morgan fingerprint density at radius 1 is 0.857 bits per heavy atom. The predicted octanol–water partition coefficient (Wildman–Crippen LogP) is 6.14. The van der Waals surface area contributed by atoms with Crippen LogP contribution in [0.1, 0.15) is 73.1 Å². The summed E-state index contributed by atoms with van der Waals surface area (Å²) in [5.74, 6) is 0. The van der Waals surface area contributed by atoms with Gasteiger partial charge in [0.2, 0.25) is 0 Å². The zero-order chi connectivity index (χ0) is 16.1. The van der Waals surface area contributed by atoms with E-state index < -0.39 is 0 Å². The van der Waals surface area contributed by atoms with E-state index in [2.05, 4.69) is 64.8 Å². The maximum atomic E-state index is 2.41. The molecule has 1 nitrogen and oxygen atoms in total. The first-order valence-electron chi connectivity index (χ1n) is 8.58. The van der Waals surface area contributed by atoms with Crippen LogP contribution in [0.5, 0.6) is 0 Å². The number of allylic oxidation sites excluding steroid dienone is 5. The Hall–Kier alpha value is -0.820. The van der Waals surface area contributed by atoms with E-state index in [0.29, 0.717) is 0 Å². The van der Waals surface area contributed by atoms with Gasteiger partial charge in [0.15, 0.2) is 0 Å². The van der Waals surface area contributed by atoms with Gasteiger partial charge in [-0.25, -0.2) is 0 Å².